The fourth-order valence-electron chi connectivity index (χ4n) is 1.74. The molecule has 0 aliphatic rings. The molecule has 0 heterocycles. The zero-order valence-corrected chi connectivity index (χ0v) is 10.0. The molecular formula is C13H19FO2. The summed E-state index contributed by atoms with van der Waals surface area (Å²) in [7, 11) is 1.64. The van der Waals surface area contributed by atoms with E-state index in [-0.39, 0.29) is 11.7 Å². The molecule has 1 aromatic carbocycles. The number of methoxy groups -OCH3 is 1. The first-order valence-corrected chi connectivity index (χ1v) is 5.47. The monoisotopic (exact) mass is 226 g/mol. The number of halogens is 1. The summed E-state index contributed by atoms with van der Waals surface area (Å²) in [6.07, 6.45) is 0.0725. The second-order valence-electron chi connectivity index (χ2n) is 4.32. The van der Waals surface area contributed by atoms with E-state index in [0.29, 0.717) is 18.6 Å². The molecule has 1 aromatic rings. The third-order valence-corrected chi connectivity index (χ3v) is 2.64. The molecule has 90 valence electrons. The fraction of sp³-hybridized carbons (Fsp3) is 0.538. The van der Waals surface area contributed by atoms with Crippen molar-refractivity contribution in [2.45, 2.75) is 26.4 Å². The summed E-state index contributed by atoms with van der Waals surface area (Å²) in [5.41, 5.74) is 1.33. The summed E-state index contributed by atoms with van der Waals surface area (Å²) in [5, 5.41) is 9.95. The standard InChI is InChI=1S/C13H19FO2/c1-9(8-16-3)6-13(15)11-4-5-12(14)10(2)7-11/h4-5,7,9,13,15H,6,8H2,1-3H3. The summed E-state index contributed by atoms with van der Waals surface area (Å²) in [6, 6.07) is 4.72. The Bertz CT molecular complexity index is 339. The first kappa shape index (κ1) is 13.1. The highest BCUT2D eigenvalue weighted by Crippen LogP contribution is 2.23. The Labute approximate surface area is 96.1 Å². The van der Waals surface area contributed by atoms with Crippen LogP contribution in [0.4, 0.5) is 4.39 Å². The zero-order chi connectivity index (χ0) is 12.1. The molecule has 1 N–H and O–H groups in total. The van der Waals surface area contributed by atoms with Gasteiger partial charge in [-0.25, -0.2) is 4.39 Å². The van der Waals surface area contributed by atoms with Gasteiger partial charge >= 0.3 is 0 Å². The molecule has 0 spiro atoms. The van der Waals surface area contributed by atoms with Crippen molar-refractivity contribution < 1.29 is 14.2 Å². The van der Waals surface area contributed by atoms with Crippen LogP contribution in [0.3, 0.4) is 0 Å². The Kier molecular flexibility index (Phi) is 4.90. The lowest BCUT2D eigenvalue weighted by atomic mass is 9.97. The SMILES string of the molecule is COCC(C)CC(O)c1ccc(F)c(C)c1. The molecular weight excluding hydrogens is 207 g/mol. The number of hydrogen-bond acceptors (Lipinski definition) is 2. The Morgan fingerprint density at radius 1 is 1.44 bits per heavy atom. The van der Waals surface area contributed by atoms with Gasteiger partial charge in [0.15, 0.2) is 0 Å². The number of rotatable bonds is 5. The predicted octanol–water partition coefficient (Wildman–Crippen LogP) is 2.84. The number of ether oxygens (including phenoxy) is 1. The van der Waals surface area contributed by atoms with Crippen molar-refractivity contribution in [3.63, 3.8) is 0 Å². The third kappa shape index (κ3) is 3.58. The predicted molar refractivity (Wildman–Crippen MR) is 61.8 cm³/mol. The van der Waals surface area contributed by atoms with Crippen molar-refractivity contribution in [1.29, 1.82) is 0 Å². The average molecular weight is 226 g/mol. The average Bonchev–Trinajstić information content (AvgIpc) is 2.22. The minimum absolute atomic E-state index is 0.235. The summed E-state index contributed by atoms with van der Waals surface area (Å²) in [5.74, 6) is 0.0475. The lowest BCUT2D eigenvalue weighted by molar-refractivity contribution is 0.102. The van der Waals surface area contributed by atoms with E-state index in [1.807, 2.05) is 6.92 Å². The van der Waals surface area contributed by atoms with Crippen LogP contribution in [-0.2, 0) is 4.74 Å². The number of aliphatic hydroxyl groups excluding tert-OH is 1. The smallest absolute Gasteiger partial charge is 0.126 e. The molecule has 0 aliphatic heterocycles. The maximum atomic E-state index is 13.0. The first-order chi connectivity index (χ1) is 7.54. The van der Waals surface area contributed by atoms with Crippen LogP contribution in [0.2, 0.25) is 0 Å². The lowest BCUT2D eigenvalue weighted by Gasteiger charge is -2.16. The minimum Gasteiger partial charge on any atom is -0.388 e. The van der Waals surface area contributed by atoms with Gasteiger partial charge in [-0.15, -0.1) is 0 Å². The van der Waals surface area contributed by atoms with Gasteiger partial charge in [0.1, 0.15) is 5.82 Å². The molecule has 0 saturated heterocycles. The van der Waals surface area contributed by atoms with Gasteiger partial charge in [0, 0.05) is 13.7 Å². The summed E-state index contributed by atoms with van der Waals surface area (Å²) in [4.78, 5) is 0. The van der Waals surface area contributed by atoms with Gasteiger partial charge in [0.2, 0.25) is 0 Å². The van der Waals surface area contributed by atoms with Gasteiger partial charge in [-0.2, -0.15) is 0 Å². The molecule has 0 radical (unpaired) electrons. The Balaban J connectivity index is 2.65. The largest absolute Gasteiger partial charge is 0.388 e. The van der Waals surface area contributed by atoms with Crippen molar-refractivity contribution in [2.24, 2.45) is 5.92 Å². The van der Waals surface area contributed by atoms with Crippen molar-refractivity contribution in [3.05, 3.63) is 35.1 Å². The summed E-state index contributed by atoms with van der Waals surface area (Å²) < 4.78 is 18.1. The van der Waals surface area contributed by atoms with Gasteiger partial charge in [0.05, 0.1) is 6.10 Å². The van der Waals surface area contributed by atoms with Crippen molar-refractivity contribution in [1.82, 2.24) is 0 Å². The van der Waals surface area contributed by atoms with E-state index in [4.69, 9.17) is 4.74 Å². The maximum absolute atomic E-state index is 13.0. The van der Waals surface area contributed by atoms with E-state index in [1.54, 1.807) is 26.2 Å². The van der Waals surface area contributed by atoms with Crippen LogP contribution in [0.1, 0.15) is 30.6 Å². The Morgan fingerprint density at radius 2 is 2.12 bits per heavy atom. The molecule has 0 saturated carbocycles. The van der Waals surface area contributed by atoms with E-state index < -0.39 is 6.10 Å². The van der Waals surface area contributed by atoms with Gasteiger partial charge in [-0.3, -0.25) is 0 Å². The normalized spacial score (nSPS) is 14.8. The highest BCUT2D eigenvalue weighted by molar-refractivity contribution is 5.25. The van der Waals surface area contributed by atoms with Crippen LogP contribution in [0.5, 0.6) is 0 Å². The molecule has 0 fully saturated rings. The summed E-state index contributed by atoms with van der Waals surface area (Å²) >= 11 is 0. The van der Waals surface area contributed by atoms with E-state index in [0.717, 1.165) is 5.56 Å². The first-order valence-electron chi connectivity index (χ1n) is 5.47. The Morgan fingerprint density at radius 3 is 2.69 bits per heavy atom. The highest BCUT2D eigenvalue weighted by Gasteiger charge is 2.13. The second kappa shape index (κ2) is 5.97. The molecule has 2 nitrogen and oxygen atoms in total. The maximum Gasteiger partial charge on any atom is 0.126 e. The van der Waals surface area contributed by atoms with E-state index in [1.165, 1.54) is 6.07 Å². The Hall–Kier alpha value is -0.930. The fourth-order valence-corrected chi connectivity index (χ4v) is 1.74. The lowest BCUT2D eigenvalue weighted by Crippen LogP contribution is -2.09. The van der Waals surface area contributed by atoms with Crippen LogP contribution < -0.4 is 0 Å². The highest BCUT2D eigenvalue weighted by atomic mass is 19.1. The minimum atomic E-state index is -0.551. The molecule has 2 unspecified atom stereocenters. The molecule has 2 atom stereocenters. The molecule has 0 bridgehead atoms. The number of aliphatic hydroxyl groups is 1. The van der Waals surface area contributed by atoms with Crippen molar-refractivity contribution in [2.75, 3.05) is 13.7 Å². The quantitative estimate of drug-likeness (QED) is 0.836. The van der Waals surface area contributed by atoms with E-state index in [9.17, 15) is 9.50 Å². The third-order valence-electron chi connectivity index (χ3n) is 2.64. The molecule has 16 heavy (non-hydrogen) atoms. The van der Waals surface area contributed by atoms with Gasteiger partial charge in [-0.1, -0.05) is 19.1 Å². The van der Waals surface area contributed by atoms with Gasteiger partial charge in [0.25, 0.3) is 0 Å². The van der Waals surface area contributed by atoms with E-state index in [2.05, 4.69) is 0 Å². The van der Waals surface area contributed by atoms with Crippen LogP contribution in [-0.4, -0.2) is 18.8 Å². The number of aryl methyl sites for hydroxylation is 1. The van der Waals surface area contributed by atoms with Crippen LogP contribution in [0, 0.1) is 18.7 Å². The molecule has 3 heteroatoms. The van der Waals surface area contributed by atoms with Gasteiger partial charge < -0.3 is 9.84 Å². The number of benzene rings is 1. The summed E-state index contributed by atoms with van der Waals surface area (Å²) in [6.45, 7) is 4.34. The second-order valence-corrected chi connectivity index (χ2v) is 4.32. The molecule has 0 amide bonds. The van der Waals surface area contributed by atoms with Gasteiger partial charge in [-0.05, 0) is 36.5 Å². The molecule has 0 aromatic heterocycles. The van der Waals surface area contributed by atoms with Crippen molar-refractivity contribution >= 4 is 0 Å². The number of hydrogen-bond donors (Lipinski definition) is 1. The van der Waals surface area contributed by atoms with Crippen LogP contribution in [0.15, 0.2) is 18.2 Å². The van der Waals surface area contributed by atoms with Crippen LogP contribution in [0.25, 0.3) is 0 Å². The van der Waals surface area contributed by atoms with Crippen molar-refractivity contribution in [3.8, 4) is 0 Å². The topological polar surface area (TPSA) is 29.5 Å². The van der Waals surface area contributed by atoms with E-state index >= 15 is 0 Å². The molecule has 0 aliphatic carbocycles. The van der Waals surface area contributed by atoms with Crippen LogP contribution >= 0.6 is 0 Å². The molecule has 1 rings (SSSR count). The zero-order valence-electron chi connectivity index (χ0n) is 10.0.